The molecule has 5 nitrogen and oxygen atoms in total. The highest BCUT2D eigenvalue weighted by molar-refractivity contribution is 7.71. The van der Waals surface area contributed by atoms with E-state index in [0.717, 1.165) is 16.8 Å². The van der Waals surface area contributed by atoms with Gasteiger partial charge in [-0.25, -0.2) is 0 Å². The third kappa shape index (κ3) is 3.19. The predicted molar refractivity (Wildman–Crippen MR) is 81.6 cm³/mol. The standard InChI is InChI=1S/C14H19N3O2S/c1-9(2)15-13(18)6-7-17-12-8-10(19-3)4-5-11(12)16-14(17)20/h4-5,8-9H,6-7H2,1-3H3,(H,15,18)(H,16,20). The van der Waals surface area contributed by atoms with Gasteiger partial charge in [0.25, 0.3) is 0 Å². The molecule has 0 unspecified atom stereocenters. The van der Waals surface area contributed by atoms with Crippen molar-refractivity contribution in [3.8, 4) is 5.75 Å². The Kier molecular flexibility index (Phi) is 4.44. The van der Waals surface area contributed by atoms with Gasteiger partial charge in [0.15, 0.2) is 4.77 Å². The molecule has 0 saturated heterocycles. The topological polar surface area (TPSA) is 59.0 Å². The second kappa shape index (κ2) is 6.09. The maximum absolute atomic E-state index is 11.7. The number of imidazole rings is 1. The molecule has 1 heterocycles. The Hall–Kier alpha value is -1.82. The number of nitrogens with one attached hydrogen (secondary N) is 2. The number of H-pyrrole nitrogens is 1. The number of carbonyl (C=O) groups excluding carboxylic acids is 1. The van der Waals surface area contributed by atoms with Gasteiger partial charge in [-0.1, -0.05) is 0 Å². The summed E-state index contributed by atoms with van der Waals surface area (Å²) in [6.07, 6.45) is 0.399. The number of benzene rings is 1. The second-order valence-electron chi connectivity index (χ2n) is 4.94. The third-order valence-corrected chi connectivity index (χ3v) is 3.32. The number of methoxy groups -OCH3 is 1. The monoisotopic (exact) mass is 293 g/mol. The van der Waals surface area contributed by atoms with Crippen LogP contribution in [-0.4, -0.2) is 28.6 Å². The van der Waals surface area contributed by atoms with Crippen molar-refractivity contribution in [2.24, 2.45) is 0 Å². The van der Waals surface area contributed by atoms with Crippen LogP contribution in [0.2, 0.25) is 0 Å². The fourth-order valence-corrected chi connectivity index (χ4v) is 2.39. The van der Waals surface area contributed by atoms with Crippen molar-refractivity contribution in [1.29, 1.82) is 0 Å². The van der Waals surface area contributed by atoms with Crippen molar-refractivity contribution < 1.29 is 9.53 Å². The van der Waals surface area contributed by atoms with Gasteiger partial charge in [-0.05, 0) is 38.2 Å². The van der Waals surface area contributed by atoms with Crippen molar-refractivity contribution in [3.05, 3.63) is 23.0 Å². The Morgan fingerprint density at radius 2 is 2.25 bits per heavy atom. The summed E-state index contributed by atoms with van der Waals surface area (Å²) in [5.41, 5.74) is 1.90. The lowest BCUT2D eigenvalue weighted by atomic mass is 10.3. The van der Waals surface area contributed by atoms with Gasteiger partial charge in [-0.2, -0.15) is 0 Å². The van der Waals surface area contributed by atoms with Crippen LogP contribution >= 0.6 is 12.2 Å². The van der Waals surface area contributed by atoms with Crippen LogP contribution in [0, 0.1) is 4.77 Å². The molecule has 1 amide bonds. The van der Waals surface area contributed by atoms with Gasteiger partial charge >= 0.3 is 0 Å². The van der Waals surface area contributed by atoms with E-state index in [4.69, 9.17) is 17.0 Å². The van der Waals surface area contributed by atoms with E-state index in [1.54, 1.807) is 7.11 Å². The smallest absolute Gasteiger partial charge is 0.221 e. The van der Waals surface area contributed by atoms with Gasteiger partial charge in [0.05, 0.1) is 18.1 Å². The maximum Gasteiger partial charge on any atom is 0.221 e. The molecule has 2 rings (SSSR count). The minimum absolute atomic E-state index is 0.0270. The molecular weight excluding hydrogens is 274 g/mol. The average molecular weight is 293 g/mol. The van der Waals surface area contributed by atoms with Crippen LogP contribution in [0.3, 0.4) is 0 Å². The third-order valence-electron chi connectivity index (χ3n) is 2.99. The summed E-state index contributed by atoms with van der Waals surface area (Å²) in [4.78, 5) is 14.9. The highest BCUT2D eigenvalue weighted by atomic mass is 32.1. The summed E-state index contributed by atoms with van der Waals surface area (Å²) in [7, 11) is 1.63. The molecule has 0 fully saturated rings. The molecule has 0 radical (unpaired) electrons. The summed E-state index contributed by atoms with van der Waals surface area (Å²) in [5, 5.41) is 2.87. The zero-order chi connectivity index (χ0) is 14.7. The zero-order valence-corrected chi connectivity index (χ0v) is 12.7. The van der Waals surface area contributed by atoms with Gasteiger partial charge in [0.2, 0.25) is 5.91 Å². The first kappa shape index (κ1) is 14.6. The van der Waals surface area contributed by atoms with Gasteiger partial charge in [-0.3, -0.25) is 4.79 Å². The van der Waals surface area contributed by atoms with Crippen molar-refractivity contribution in [2.75, 3.05) is 7.11 Å². The molecule has 0 aliphatic heterocycles. The first-order valence-electron chi connectivity index (χ1n) is 6.57. The van der Waals surface area contributed by atoms with E-state index in [1.165, 1.54) is 0 Å². The van der Waals surface area contributed by atoms with Crippen LogP contribution in [0.25, 0.3) is 11.0 Å². The quantitative estimate of drug-likeness (QED) is 0.833. The van der Waals surface area contributed by atoms with Crippen molar-refractivity contribution in [2.45, 2.75) is 32.9 Å². The molecule has 1 aromatic heterocycles. The van der Waals surface area contributed by atoms with Crippen molar-refractivity contribution in [3.63, 3.8) is 0 Å². The zero-order valence-electron chi connectivity index (χ0n) is 11.9. The SMILES string of the molecule is COc1ccc2[nH]c(=S)n(CCC(=O)NC(C)C)c2c1. The number of hydrogen-bond acceptors (Lipinski definition) is 3. The van der Waals surface area contributed by atoms with Crippen molar-refractivity contribution in [1.82, 2.24) is 14.9 Å². The number of fused-ring (bicyclic) bond motifs is 1. The Labute approximate surface area is 122 Å². The number of aromatic amines is 1. The number of amides is 1. The Morgan fingerprint density at radius 1 is 1.50 bits per heavy atom. The van der Waals surface area contributed by atoms with E-state index >= 15 is 0 Å². The second-order valence-corrected chi connectivity index (χ2v) is 5.32. The minimum atomic E-state index is 0.0270. The highest BCUT2D eigenvalue weighted by Gasteiger charge is 2.08. The van der Waals surface area contributed by atoms with Gasteiger partial charge in [0, 0.05) is 25.1 Å². The van der Waals surface area contributed by atoms with Crippen molar-refractivity contribution >= 4 is 29.2 Å². The lowest BCUT2D eigenvalue weighted by Gasteiger charge is -2.09. The number of aromatic nitrogens is 2. The van der Waals surface area contributed by atoms with Crippen LogP contribution in [0.1, 0.15) is 20.3 Å². The molecule has 108 valence electrons. The Balaban J connectivity index is 2.23. The van der Waals surface area contributed by atoms with Gasteiger partial charge in [-0.15, -0.1) is 0 Å². The minimum Gasteiger partial charge on any atom is -0.497 e. The molecule has 2 aromatic rings. The van der Waals surface area contributed by atoms with E-state index < -0.39 is 0 Å². The average Bonchev–Trinajstić information content (AvgIpc) is 2.70. The largest absolute Gasteiger partial charge is 0.497 e. The molecule has 2 N–H and O–H groups in total. The Bertz CT molecular complexity index is 673. The van der Waals surface area contributed by atoms with Gasteiger partial charge in [0.1, 0.15) is 5.75 Å². The molecule has 0 spiro atoms. The lowest BCUT2D eigenvalue weighted by molar-refractivity contribution is -0.121. The highest BCUT2D eigenvalue weighted by Crippen LogP contribution is 2.20. The molecule has 6 heteroatoms. The summed E-state index contributed by atoms with van der Waals surface area (Å²) in [6, 6.07) is 5.87. The van der Waals surface area contributed by atoms with Crippen LogP contribution in [0.4, 0.5) is 0 Å². The number of rotatable bonds is 5. The number of hydrogen-bond donors (Lipinski definition) is 2. The van der Waals surface area contributed by atoms with Crippen LogP contribution in [-0.2, 0) is 11.3 Å². The van der Waals surface area contributed by atoms with Gasteiger partial charge < -0.3 is 19.6 Å². The molecule has 20 heavy (non-hydrogen) atoms. The summed E-state index contributed by atoms with van der Waals surface area (Å²) >= 11 is 5.31. The normalized spacial score (nSPS) is 11.0. The Morgan fingerprint density at radius 3 is 2.90 bits per heavy atom. The predicted octanol–water partition coefficient (Wildman–Crippen LogP) is 2.62. The van der Waals surface area contributed by atoms with E-state index in [2.05, 4.69) is 10.3 Å². The number of aryl methyl sites for hydroxylation is 1. The molecule has 1 aromatic carbocycles. The lowest BCUT2D eigenvalue weighted by Crippen LogP contribution is -2.30. The fraction of sp³-hybridized carbons (Fsp3) is 0.429. The van der Waals surface area contributed by atoms with Crippen LogP contribution < -0.4 is 10.1 Å². The molecule has 0 atom stereocenters. The summed E-state index contributed by atoms with van der Waals surface area (Å²) in [5.74, 6) is 0.797. The maximum atomic E-state index is 11.7. The number of nitrogens with zero attached hydrogens (tertiary/aromatic N) is 1. The fourth-order valence-electron chi connectivity index (χ4n) is 2.09. The first-order valence-corrected chi connectivity index (χ1v) is 6.98. The van der Waals surface area contributed by atoms with E-state index in [1.807, 2.05) is 36.6 Å². The van der Waals surface area contributed by atoms with E-state index in [9.17, 15) is 4.79 Å². The summed E-state index contributed by atoms with van der Waals surface area (Å²) in [6.45, 7) is 4.44. The number of carbonyl (C=O) groups is 1. The van der Waals surface area contributed by atoms with Crippen LogP contribution in [0.15, 0.2) is 18.2 Å². The molecule has 0 saturated carbocycles. The molecule has 0 aliphatic carbocycles. The van der Waals surface area contributed by atoms with E-state index in [-0.39, 0.29) is 11.9 Å². The number of ether oxygens (including phenoxy) is 1. The molecular formula is C14H19N3O2S. The first-order chi connectivity index (χ1) is 9.51. The molecule has 0 bridgehead atoms. The summed E-state index contributed by atoms with van der Waals surface area (Å²) < 4.78 is 7.76. The van der Waals surface area contributed by atoms with Crippen LogP contribution in [0.5, 0.6) is 5.75 Å². The van der Waals surface area contributed by atoms with E-state index in [0.29, 0.717) is 17.7 Å². The molecule has 0 aliphatic rings.